The Hall–Kier alpha value is 0.310. The highest BCUT2D eigenvalue weighted by molar-refractivity contribution is 7.98. The maximum absolute atomic E-state index is 3.49. The molecule has 0 radical (unpaired) electrons. The molecule has 74 valence electrons. The maximum atomic E-state index is 3.49. The van der Waals surface area contributed by atoms with Gasteiger partial charge in [0, 0.05) is 0 Å². The summed E-state index contributed by atoms with van der Waals surface area (Å²) in [5.74, 6) is 2.20. The van der Waals surface area contributed by atoms with Gasteiger partial charge in [-0.25, -0.2) is 0 Å². The molecule has 0 rings (SSSR count). The second-order valence-electron chi connectivity index (χ2n) is 3.26. The van der Waals surface area contributed by atoms with Gasteiger partial charge in [-0.05, 0) is 43.9 Å². The van der Waals surface area contributed by atoms with E-state index in [1.165, 1.54) is 38.1 Å². The molecule has 0 fully saturated rings. The van der Waals surface area contributed by atoms with Crippen molar-refractivity contribution in [1.82, 2.24) is 5.32 Å². The Bertz CT molecular complexity index is 85.9. The van der Waals surface area contributed by atoms with E-state index in [0.29, 0.717) is 0 Å². The lowest BCUT2D eigenvalue weighted by Gasteiger charge is -2.14. The lowest BCUT2D eigenvalue weighted by molar-refractivity contribution is 0.453. The molecule has 12 heavy (non-hydrogen) atoms. The fourth-order valence-corrected chi connectivity index (χ4v) is 1.79. The van der Waals surface area contributed by atoms with Crippen molar-refractivity contribution in [3.05, 3.63) is 0 Å². The Morgan fingerprint density at radius 2 is 2.08 bits per heavy atom. The SMILES string of the molecule is CCCNCC(CC)CCSC. The highest BCUT2D eigenvalue weighted by atomic mass is 32.2. The van der Waals surface area contributed by atoms with Gasteiger partial charge in [0.2, 0.25) is 0 Å². The number of rotatable bonds is 8. The predicted molar refractivity (Wildman–Crippen MR) is 59.9 cm³/mol. The summed E-state index contributed by atoms with van der Waals surface area (Å²) >= 11 is 1.96. The van der Waals surface area contributed by atoms with E-state index in [4.69, 9.17) is 0 Å². The summed E-state index contributed by atoms with van der Waals surface area (Å²) < 4.78 is 0. The molecule has 0 saturated carbocycles. The summed E-state index contributed by atoms with van der Waals surface area (Å²) in [6, 6.07) is 0. The molecule has 1 N–H and O–H groups in total. The van der Waals surface area contributed by atoms with Crippen molar-refractivity contribution in [2.75, 3.05) is 25.1 Å². The fourth-order valence-electron chi connectivity index (χ4n) is 1.22. The Kier molecular flexibility index (Phi) is 9.64. The third kappa shape index (κ3) is 6.99. The number of thioether (sulfide) groups is 1. The number of hydrogen-bond acceptors (Lipinski definition) is 2. The van der Waals surface area contributed by atoms with Gasteiger partial charge in [0.15, 0.2) is 0 Å². The summed E-state index contributed by atoms with van der Waals surface area (Å²) in [7, 11) is 0. The van der Waals surface area contributed by atoms with Crippen molar-refractivity contribution >= 4 is 11.8 Å². The van der Waals surface area contributed by atoms with Gasteiger partial charge in [0.05, 0.1) is 0 Å². The van der Waals surface area contributed by atoms with Crippen LogP contribution in [-0.4, -0.2) is 25.1 Å². The molecule has 0 aliphatic carbocycles. The summed E-state index contributed by atoms with van der Waals surface area (Å²) in [6.07, 6.45) is 6.12. The number of nitrogens with one attached hydrogen (secondary N) is 1. The Morgan fingerprint density at radius 3 is 2.58 bits per heavy atom. The minimum absolute atomic E-state index is 0.893. The molecule has 1 nitrogen and oxygen atoms in total. The van der Waals surface area contributed by atoms with E-state index in [-0.39, 0.29) is 0 Å². The van der Waals surface area contributed by atoms with Crippen LogP contribution >= 0.6 is 11.8 Å². The van der Waals surface area contributed by atoms with E-state index in [2.05, 4.69) is 25.4 Å². The molecule has 0 aromatic rings. The molecule has 0 aromatic heterocycles. The first-order valence-electron chi connectivity index (χ1n) is 5.04. The van der Waals surface area contributed by atoms with Crippen LogP contribution in [0, 0.1) is 5.92 Å². The standard InChI is InChI=1S/C10H23NS/c1-4-7-11-9-10(5-2)6-8-12-3/h10-11H,4-9H2,1-3H3. The molecular formula is C10H23NS. The minimum Gasteiger partial charge on any atom is -0.316 e. The Balaban J connectivity index is 3.26. The van der Waals surface area contributed by atoms with Gasteiger partial charge in [-0.15, -0.1) is 0 Å². The number of hydrogen-bond donors (Lipinski definition) is 1. The first-order chi connectivity index (χ1) is 5.85. The summed E-state index contributed by atoms with van der Waals surface area (Å²) in [4.78, 5) is 0. The van der Waals surface area contributed by atoms with E-state index in [9.17, 15) is 0 Å². The monoisotopic (exact) mass is 189 g/mol. The average Bonchev–Trinajstić information content (AvgIpc) is 2.11. The predicted octanol–water partition coefficient (Wildman–Crippen LogP) is 2.77. The minimum atomic E-state index is 0.893. The third-order valence-corrected chi connectivity index (χ3v) is 2.81. The molecule has 0 aromatic carbocycles. The van der Waals surface area contributed by atoms with Gasteiger partial charge in [-0.2, -0.15) is 11.8 Å². The fraction of sp³-hybridized carbons (Fsp3) is 1.00. The highest BCUT2D eigenvalue weighted by Crippen LogP contribution is 2.10. The molecule has 0 saturated heterocycles. The normalized spacial score (nSPS) is 13.2. The van der Waals surface area contributed by atoms with Crippen LogP contribution in [0.2, 0.25) is 0 Å². The molecule has 1 unspecified atom stereocenters. The van der Waals surface area contributed by atoms with Crippen LogP contribution < -0.4 is 5.32 Å². The lowest BCUT2D eigenvalue weighted by Crippen LogP contribution is -2.23. The topological polar surface area (TPSA) is 12.0 Å². The van der Waals surface area contributed by atoms with Crippen LogP contribution in [0.15, 0.2) is 0 Å². The van der Waals surface area contributed by atoms with Gasteiger partial charge in [-0.1, -0.05) is 20.3 Å². The molecule has 0 amide bonds. The molecule has 1 atom stereocenters. The van der Waals surface area contributed by atoms with Gasteiger partial charge in [0.1, 0.15) is 0 Å². The molecule has 0 heterocycles. The third-order valence-electron chi connectivity index (χ3n) is 2.17. The first-order valence-corrected chi connectivity index (χ1v) is 6.44. The van der Waals surface area contributed by atoms with Gasteiger partial charge in [-0.3, -0.25) is 0 Å². The maximum Gasteiger partial charge on any atom is -0.00203 e. The van der Waals surface area contributed by atoms with Gasteiger partial charge < -0.3 is 5.32 Å². The van der Waals surface area contributed by atoms with Crippen LogP contribution in [-0.2, 0) is 0 Å². The van der Waals surface area contributed by atoms with Gasteiger partial charge >= 0.3 is 0 Å². The molecule has 0 aliphatic rings. The zero-order valence-electron chi connectivity index (χ0n) is 8.73. The van der Waals surface area contributed by atoms with E-state index >= 15 is 0 Å². The first kappa shape index (κ1) is 12.3. The zero-order valence-corrected chi connectivity index (χ0v) is 9.54. The van der Waals surface area contributed by atoms with Crippen LogP contribution in [0.3, 0.4) is 0 Å². The van der Waals surface area contributed by atoms with E-state index in [0.717, 1.165) is 5.92 Å². The van der Waals surface area contributed by atoms with Crippen molar-refractivity contribution in [3.8, 4) is 0 Å². The smallest absolute Gasteiger partial charge is 0.00203 e. The van der Waals surface area contributed by atoms with Crippen molar-refractivity contribution in [2.45, 2.75) is 33.1 Å². The van der Waals surface area contributed by atoms with E-state index < -0.39 is 0 Å². The van der Waals surface area contributed by atoms with Crippen LogP contribution in [0.1, 0.15) is 33.1 Å². The average molecular weight is 189 g/mol. The van der Waals surface area contributed by atoms with Crippen LogP contribution in [0.4, 0.5) is 0 Å². The van der Waals surface area contributed by atoms with E-state index in [1.54, 1.807) is 0 Å². The molecule has 0 bridgehead atoms. The van der Waals surface area contributed by atoms with Crippen LogP contribution in [0.5, 0.6) is 0 Å². The summed E-state index contributed by atoms with van der Waals surface area (Å²) in [5, 5.41) is 3.49. The molecule has 2 heteroatoms. The zero-order chi connectivity index (χ0) is 9.23. The van der Waals surface area contributed by atoms with Crippen LogP contribution in [0.25, 0.3) is 0 Å². The Labute approximate surface area is 81.7 Å². The van der Waals surface area contributed by atoms with Crippen molar-refractivity contribution in [3.63, 3.8) is 0 Å². The molecule has 0 spiro atoms. The van der Waals surface area contributed by atoms with Crippen molar-refractivity contribution in [2.24, 2.45) is 5.92 Å². The van der Waals surface area contributed by atoms with Crippen molar-refractivity contribution < 1.29 is 0 Å². The van der Waals surface area contributed by atoms with Gasteiger partial charge in [0.25, 0.3) is 0 Å². The largest absolute Gasteiger partial charge is 0.316 e. The second-order valence-corrected chi connectivity index (χ2v) is 4.25. The highest BCUT2D eigenvalue weighted by Gasteiger charge is 2.03. The summed E-state index contributed by atoms with van der Waals surface area (Å²) in [6.45, 7) is 6.90. The molecule has 0 aliphatic heterocycles. The summed E-state index contributed by atoms with van der Waals surface area (Å²) in [5.41, 5.74) is 0. The second kappa shape index (κ2) is 9.40. The van der Waals surface area contributed by atoms with E-state index in [1.807, 2.05) is 11.8 Å². The lowest BCUT2D eigenvalue weighted by atomic mass is 10.0. The Morgan fingerprint density at radius 1 is 1.33 bits per heavy atom. The quantitative estimate of drug-likeness (QED) is 0.589. The molecular weight excluding hydrogens is 166 g/mol. The van der Waals surface area contributed by atoms with Crippen molar-refractivity contribution in [1.29, 1.82) is 0 Å².